The Hall–Kier alpha value is -2.68. The van der Waals surface area contributed by atoms with Gasteiger partial charge in [-0.1, -0.05) is 36.4 Å². The molecule has 3 heteroatoms. The van der Waals surface area contributed by atoms with Gasteiger partial charge in [0.1, 0.15) is 0 Å². The Balaban J connectivity index is 1.86. The normalized spacial score (nSPS) is 14.5. The van der Waals surface area contributed by atoms with Gasteiger partial charge in [-0.05, 0) is 32.0 Å². The van der Waals surface area contributed by atoms with Crippen molar-refractivity contribution in [1.82, 2.24) is 4.98 Å². The van der Waals surface area contributed by atoms with Crippen LogP contribution in [-0.4, -0.2) is 29.8 Å². The van der Waals surface area contributed by atoms with Crippen LogP contribution < -0.4 is 4.90 Å². The third-order valence-electron chi connectivity index (χ3n) is 4.57. The highest BCUT2D eigenvalue weighted by Gasteiger charge is 2.21. The summed E-state index contributed by atoms with van der Waals surface area (Å²) in [7, 11) is 0. The Morgan fingerprint density at radius 2 is 1.79 bits per heavy atom. The van der Waals surface area contributed by atoms with Crippen LogP contribution in [0.4, 0.5) is 5.69 Å². The van der Waals surface area contributed by atoms with E-state index in [9.17, 15) is 0 Å². The maximum Gasteiger partial charge on any atom is 0.0756 e. The quantitative estimate of drug-likeness (QED) is 0.705. The van der Waals surface area contributed by atoms with Crippen molar-refractivity contribution < 1.29 is 0 Å². The van der Waals surface area contributed by atoms with E-state index in [1.807, 2.05) is 18.3 Å². The molecular weight excluding hydrogens is 294 g/mol. The Labute approximate surface area is 142 Å². The summed E-state index contributed by atoms with van der Waals surface area (Å²) in [5, 5.41) is 1.15. The molecule has 2 aromatic carbocycles. The summed E-state index contributed by atoms with van der Waals surface area (Å²) < 4.78 is 0. The number of aromatic nitrogens is 1. The molecule has 0 saturated heterocycles. The number of benzene rings is 2. The zero-order valence-corrected chi connectivity index (χ0v) is 14.1. The number of benzodiazepines with no additional fused rings is 1. The lowest BCUT2D eigenvalue weighted by atomic mass is 10.00. The van der Waals surface area contributed by atoms with Gasteiger partial charge in [-0.3, -0.25) is 9.98 Å². The number of hydrogen-bond donors (Lipinski definition) is 0. The van der Waals surface area contributed by atoms with E-state index in [1.165, 1.54) is 11.3 Å². The fourth-order valence-corrected chi connectivity index (χ4v) is 3.38. The number of para-hydroxylation sites is 2. The highest BCUT2D eigenvalue weighted by Crippen LogP contribution is 2.28. The van der Waals surface area contributed by atoms with Crippen LogP contribution in [0.3, 0.4) is 0 Å². The Morgan fingerprint density at radius 3 is 2.67 bits per heavy atom. The van der Waals surface area contributed by atoms with Gasteiger partial charge in [-0.15, -0.1) is 0 Å². The summed E-state index contributed by atoms with van der Waals surface area (Å²) >= 11 is 0. The molecule has 0 N–H and O–H groups in total. The lowest BCUT2D eigenvalue weighted by molar-refractivity contribution is 0.688. The second-order valence-corrected chi connectivity index (χ2v) is 6.45. The van der Waals surface area contributed by atoms with Crippen molar-refractivity contribution in [2.75, 3.05) is 18.0 Å². The molecule has 120 valence electrons. The molecule has 0 spiro atoms. The number of pyridine rings is 1. The first kappa shape index (κ1) is 14.9. The highest BCUT2D eigenvalue weighted by atomic mass is 15.2. The van der Waals surface area contributed by atoms with Gasteiger partial charge in [0, 0.05) is 41.0 Å². The third kappa shape index (κ3) is 2.56. The molecule has 3 nitrogen and oxygen atoms in total. The molecule has 0 fully saturated rings. The lowest BCUT2D eigenvalue weighted by Gasteiger charge is -2.28. The summed E-state index contributed by atoms with van der Waals surface area (Å²) in [5.74, 6) is 0. The highest BCUT2D eigenvalue weighted by molar-refractivity contribution is 6.17. The van der Waals surface area contributed by atoms with Gasteiger partial charge in [-0.25, -0.2) is 0 Å². The Bertz CT molecular complexity index is 912. The van der Waals surface area contributed by atoms with Gasteiger partial charge >= 0.3 is 0 Å². The molecule has 0 amide bonds. The molecule has 24 heavy (non-hydrogen) atoms. The number of nitrogens with zero attached hydrogens (tertiary/aromatic N) is 3. The molecule has 0 bridgehead atoms. The van der Waals surface area contributed by atoms with E-state index in [0.29, 0.717) is 6.04 Å². The van der Waals surface area contributed by atoms with Gasteiger partial charge in [-0.2, -0.15) is 0 Å². The average molecular weight is 315 g/mol. The molecule has 0 saturated carbocycles. The van der Waals surface area contributed by atoms with E-state index >= 15 is 0 Å². The summed E-state index contributed by atoms with van der Waals surface area (Å²) in [4.78, 5) is 12.0. The van der Waals surface area contributed by atoms with Crippen LogP contribution >= 0.6 is 0 Å². The van der Waals surface area contributed by atoms with Gasteiger partial charge < -0.3 is 4.90 Å². The maximum atomic E-state index is 4.91. The average Bonchev–Trinajstić information content (AvgIpc) is 2.81. The van der Waals surface area contributed by atoms with Gasteiger partial charge in [0.2, 0.25) is 0 Å². The molecule has 3 aromatic rings. The molecule has 1 aromatic heterocycles. The topological polar surface area (TPSA) is 28.5 Å². The van der Waals surface area contributed by atoms with Gasteiger partial charge in [0.15, 0.2) is 0 Å². The lowest BCUT2D eigenvalue weighted by Crippen LogP contribution is -2.33. The molecule has 1 aliphatic heterocycles. The van der Waals surface area contributed by atoms with E-state index in [1.54, 1.807) is 0 Å². The van der Waals surface area contributed by atoms with Gasteiger partial charge in [0.25, 0.3) is 0 Å². The van der Waals surface area contributed by atoms with Crippen molar-refractivity contribution in [2.45, 2.75) is 19.9 Å². The fraction of sp³-hybridized carbons (Fsp3) is 0.238. The fourth-order valence-electron chi connectivity index (χ4n) is 3.38. The first-order valence-corrected chi connectivity index (χ1v) is 8.50. The summed E-state index contributed by atoms with van der Waals surface area (Å²) in [6, 6.07) is 19.4. The zero-order chi connectivity index (χ0) is 16.5. The second kappa shape index (κ2) is 6.08. The molecule has 0 unspecified atom stereocenters. The van der Waals surface area contributed by atoms with Crippen LogP contribution in [0.5, 0.6) is 0 Å². The summed E-state index contributed by atoms with van der Waals surface area (Å²) in [5.41, 5.74) is 5.61. The van der Waals surface area contributed by atoms with Crippen molar-refractivity contribution in [3.05, 3.63) is 71.9 Å². The van der Waals surface area contributed by atoms with Crippen molar-refractivity contribution in [2.24, 2.45) is 4.99 Å². The largest absolute Gasteiger partial charge is 0.367 e. The molecule has 0 atom stereocenters. The SMILES string of the molecule is CC(C)N1CCN=C(c2cnc3ccccc3c2)c2ccccc21. The predicted octanol–water partition coefficient (Wildman–Crippen LogP) is 4.30. The third-order valence-corrected chi connectivity index (χ3v) is 4.57. The number of aliphatic imine (C=N–C) groups is 1. The van der Waals surface area contributed by atoms with E-state index in [4.69, 9.17) is 4.99 Å². The smallest absolute Gasteiger partial charge is 0.0756 e. The van der Waals surface area contributed by atoms with Crippen molar-refractivity contribution in [3.63, 3.8) is 0 Å². The minimum Gasteiger partial charge on any atom is -0.367 e. The Morgan fingerprint density at radius 1 is 1.00 bits per heavy atom. The molecule has 0 aliphatic carbocycles. The Kier molecular flexibility index (Phi) is 3.77. The monoisotopic (exact) mass is 315 g/mol. The maximum absolute atomic E-state index is 4.91. The van der Waals surface area contributed by atoms with Crippen molar-refractivity contribution >= 4 is 22.3 Å². The van der Waals surface area contributed by atoms with Gasteiger partial charge in [0.05, 0.1) is 17.8 Å². The van der Waals surface area contributed by atoms with Crippen LogP contribution in [0.15, 0.2) is 65.8 Å². The summed E-state index contributed by atoms with van der Waals surface area (Å²) in [6.07, 6.45) is 1.95. The zero-order valence-electron chi connectivity index (χ0n) is 14.1. The van der Waals surface area contributed by atoms with Crippen molar-refractivity contribution in [3.8, 4) is 0 Å². The summed E-state index contributed by atoms with van der Waals surface area (Å²) in [6.45, 7) is 6.22. The van der Waals surface area contributed by atoms with E-state index in [-0.39, 0.29) is 0 Å². The van der Waals surface area contributed by atoms with Crippen LogP contribution in [0.25, 0.3) is 10.9 Å². The molecule has 4 rings (SSSR count). The minimum atomic E-state index is 0.454. The number of rotatable bonds is 2. The first-order chi connectivity index (χ1) is 11.7. The minimum absolute atomic E-state index is 0.454. The molecule has 1 aliphatic rings. The number of anilines is 1. The number of hydrogen-bond acceptors (Lipinski definition) is 3. The van der Waals surface area contributed by atoms with E-state index in [0.717, 1.165) is 35.3 Å². The molecule has 2 heterocycles. The van der Waals surface area contributed by atoms with E-state index in [2.05, 4.69) is 66.2 Å². The molecular formula is C21H21N3. The van der Waals surface area contributed by atoms with E-state index < -0.39 is 0 Å². The standard InChI is InChI=1S/C21H21N3/c1-15(2)24-12-11-22-21(18-8-4-6-10-20(18)24)17-13-16-7-3-5-9-19(16)23-14-17/h3-10,13-15H,11-12H2,1-2H3. The van der Waals surface area contributed by atoms with Crippen LogP contribution in [0.1, 0.15) is 25.0 Å². The second-order valence-electron chi connectivity index (χ2n) is 6.45. The first-order valence-electron chi connectivity index (χ1n) is 8.50. The van der Waals surface area contributed by atoms with Crippen LogP contribution in [0, 0.1) is 0 Å². The molecule has 0 radical (unpaired) electrons. The van der Waals surface area contributed by atoms with Crippen LogP contribution in [-0.2, 0) is 0 Å². The van der Waals surface area contributed by atoms with Crippen LogP contribution in [0.2, 0.25) is 0 Å². The van der Waals surface area contributed by atoms with Crippen molar-refractivity contribution in [1.29, 1.82) is 0 Å². The number of fused-ring (bicyclic) bond motifs is 2. The predicted molar refractivity (Wildman–Crippen MR) is 101 cm³/mol.